The minimum atomic E-state index is -0.334. The standard InChI is InChI=1S/C22H21N3O2S/c1-24-9-4-10-25(12-11-24)16-8-7-15-13-17(22(26)27-19(15)14-16)21-23-18-5-2-3-6-20(18)28-21/h2-3,5-8,13-14H,4,9-12H2,1H3. The Morgan fingerprint density at radius 2 is 1.93 bits per heavy atom. The highest BCUT2D eigenvalue weighted by molar-refractivity contribution is 7.21. The molecule has 0 amide bonds. The zero-order valence-electron chi connectivity index (χ0n) is 15.7. The molecule has 0 spiro atoms. The second-order valence-corrected chi connectivity index (χ2v) is 8.33. The highest BCUT2D eigenvalue weighted by Crippen LogP contribution is 2.30. The molecule has 142 valence electrons. The fraction of sp³-hybridized carbons (Fsp3) is 0.273. The summed E-state index contributed by atoms with van der Waals surface area (Å²) in [6.07, 6.45) is 1.13. The number of hydrogen-bond donors (Lipinski definition) is 0. The summed E-state index contributed by atoms with van der Waals surface area (Å²) in [5.74, 6) is 0. The molecular formula is C22H21N3O2S. The lowest BCUT2D eigenvalue weighted by atomic mass is 10.1. The van der Waals surface area contributed by atoms with Gasteiger partial charge in [-0.05, 0) is 50.3 Å². The van der Waals surface area contributed by atoms with Gasteiger partial charge >= 0.3 is 5.63 Å². The van der Waals surface area contributed by atoms with Crippen LogP contribution in [-0.4, -0.2) is 43.1 Å². The molecule has 0 unspecified atom stereocenters. The largest absolute Gasteiger partial charge is 0.422 e. The summed E-state index contributed by atoms with van der Waals surface area (Å²) >= 11 is 1.52. The van der Waals surface area contributed by atoms with Gasteiger partial charge in [-0.3, -0.25) is 0 Å². The van der Waals surface area contributed by atoms with Crippen LogP contribution in [0.5, 0.6) is 0 Å². The van der Waals surface area contributed by atoms with Crippen molar-refractivity contribution in [2.45, 2.75) is 6.42 Å². The molecule has 5 nitrogen and oxygen atoms in total. The molecule has 0 bridgehead atoms. The van der Waals surface area contributed by atoms with Crippen molar-refractivity contribution < 1.29 is 4.42 Å². The van der Waals surface area contributed by atoms with E-state index in [2.05, 4.69) is 27.9 Å². The number of nitrogens with zero attached hydrogens (tertiary/aromatic N) is 3. The van der Waals surface area contributed by atoms with E-state index in [1.165, 1.54) is 11.3 Å². The van der Waals surface area contributed by atoms with Crippen molar-refractivity contribution in [3.05, 3.63) is 59.0 Å². The van der Waals surface area contributed by atoms with Crippen molar-refractivity contribution in [2.75, 3.05) is 38.1 Å². The Kier molecular flexibility index (Phi) is 4.37. The monoisotopic (exact) mass is 391 g/mol. The number of likely N-dealkylation sites (N-methyl/N-ethyl adjacent to an activating group) is 1. The zero-order valence-corrected chi connectivity index (χ0v) is 16.5. The van der Waals surface area contributed by atoms with E-state index in [0.29, 0.717) is 16.2 Å². The van der Waals surface area contributed by atoms with Gasteiger partial charge in [-0.2, -0.15) is 0 Å². The molecule has 2 aromatic carbocycles. The smallest absolute Gasteiger partial charge is 0.346 e. The van der Waals surface area contributed by atoms with Crippen molar-refractivity contribution in [1.82, 2.24) is 9.88 Å². The molecule has 1 fully saturated rings. The number of hydrogen-bond acceptors (Lipinski definition) is 6. The zero-order chi connectivity index (χ0) is 19.1. The average Bonchev–Trinajstić information content (AvgIpc) is 3.01. The van der Waals surface area contributed by atoms with E-state index in [9.17, 15) is 4.79 Å². The van der Waals surface area contributed by atoms with Crippen LogP contribution in [0.25, 0.3) is 31.8 Å². The maximum Gasteiger partial charge on any atom is 0.346 e. The molecule has 0 atom stereocenters. The van der Waals surface area contributed by atoms with Crippen LogP contribution < -0.4 is 10.5 Å². The number of benzene rings is 2. The molecule has 2 aromatic heterocycles. The quantitative estimate of drug-likeness (QED) is 0.479. The molecule has 1 aliphatic rings. The highest BCUT2D eigenvalue weighted by atomic mass is 32.1. The summed E-state index contributed by atoms with van der Waals surface area (Å²) in [4.78, 5) is 22.0. The second-order valence-electron chi connectivity index (χ2n) is 7.30. The second kappa shape index (κ2) is 7.04. The maximum atomic E-state index is 12.7. The van der Waals surface area contributed by atoms with Crippen LogP contribution >= 0.6 is 11.3 Å². The molecule has 0 aliphatic carbocycles. The van der Waals surface area contributed by atoms with Crippen LogP contribution in [0.1, 0.15) is 6.42 Å². The Bertz CT molecular complexity index is 1180. The van der Waals surface area contributed by atoms with Gasteiger partial charge in [0.15, 0.2) is 0 Å². The molecule has 5 rings (SSSR count). The fourth-order valence-corrected chi connectivity index (χ4v) is 4.71. The van der Waals surface area contributed by atoms with Crippen LogP contribution in [-0.2, 0) is 0 Å². The topological polar surface area (TPSA) is 49.6 Å². The maximum absolute atomic E-state index is 12.7. The van der Waals surface area contributed by atoms with Gasteiger partial charge in [-0.25, -0.2) is 9.78 Å². The SMILES string of the molecule is CN1CCCN(c2ccc3cc(-c4nc5ccccc5s4)c(=O)oc3c2)CC1. The molecule has 3 heterocycles. The Morgan fingerprint density at radius 3 is 2.82 bits per heavy atom. The van der Waals surface area contributed by atoms with Crippen LogP contribution in [0.4, 0.5) is 5.69 Å². The number of fused-ring (bicyclic) bond motifs is 2. The van der Waals surface area contributed by atoms with Gasteiger partial charge in [0.1, 0.15) is 10.6 Å². The molecule has 6 heteroatoms. The molecular weight excluding hydrogens is 370 g/mol. The summed E-state index contributed by atoms with van der Waals surface area (Å²) in [7, 11) is 2.16. The van der Waals surface area contributed by atoms with Crippen molar-refractivity contribution in [3.8, 4) is 10.6 Å². The van der Waals surface area contributed by atoms with E-state index in [1.54, 1.807) is 0 Å². The first-order chi connectivity index (χ1) is 13.7. The molecule has 0 saturated carbocycles. The van der Waals surface area contributed by atoms with Crippen molar-refractivity contribution in [2.24, 2.45) is 0 Å². The first-order valence-corrected chi connectivity index (χ1v) is 10.4. The number of thiazole rings is 1. The van der Waals surface area contributed by atoms with Gasteiger partial charge < -0.3 is 14.2 Å². The van der Waals surface area contributed by atoms with E-state index in [0.717, 1.165) is 53.9 Å². The van der Waals surface area contributed by atoms with Gasteiger partial charge in [0.05, 0.1) is 15.8 Å². The van der Waals surface area contributed by atoms with Gasteiger partial charge in [0.25, 0.3) is 0 Å². The van der Waals surface area contributed by atoms with Gasteiger partial charge in [0, 0.05) is 36.8 Å². The predicted molar refractivity (Wildman–Crippen MR) is 115 cm³/mol. The van der Waals surface area contributed by atoms with Gasteiger partial charge in [0.2, 0.25) is 0 Å². The van der Waals surface area contributed by atoms with E-state index in [-0.39, 0.29) is 5.63 Å². The van der Waals surface area contributed by atoms with E-state index in [4.69, 9.17) is 4.42 Å². The summed E-state index contributed by atoms with van der Waals surface area (Å²) in [5, 5.41) is 1.63. The summed E-state index contributed by atoms with van der Waals surface area (Å²) < 4.78 is 6.77. The molecule has 4 aromatic rings. The van der Waals surface area contributed by atoms with Crippen molar-refractivity contribution >= 4 is 38.2 Å². The summed E-state index contributed by atoms with van der Waals surface area (Å²) in [6.45, 7) is 4.16. The molecule has 1 aliphatic heterocycles. The Hall–Kier alpha value is -2.70. The van der Waals surface area contributed by atoms with E-state index < -0.39 is 0 Å². The molecule has 0 N–H and O–H groups in total. The molecule has 1 saturated heterocycles. The van der Waals surface area contributed by atoms with E-state index in [1.807, 2.05) is 42.5 Å². The van der Waals surface area contributed by atoms with Crippen molar-refractivity contribution in [3.63, 3.8) is 0 Å². The van der Waals surface area contributed by atoms with Crippen LogP contribution in [0.15, 0.2) is 57.7 Å². The minimum absolute atomic E-state index is 0.334. The molecule has 0 radical (unpaired) electrons. The number of anilines is 1. The van der Waals surface area contributed by atoms with E-state index >= 15 is 0 Å². The lowest BCUT2D eigenvalue weighted by molar-refractivity contribution is 0.360. The minimum Gasteiger partial charge on any atom is -0.422 e. The first-order valence-electron chi connectivity index (χ1n) is 9.55. The number of aromatic nitrogens is 1. The van der Waals surface area contributed by atoms with Gasteiger partial charge in [-0.1, -0.05) is 12.1 Å². The third kappa shape index (κ3) is 3.19. The lowest BCUT2D eigenvalue weighted by Crippen LogP contribution is -2.28. The van der Waals surface area contributed by atoms with Crippen LogP contribution in [0.3, 0.4) is 0 Å². The van der Waals surface area contributed by atoms with Gasteiger partial charge in [-0.15, -0.1) is 11.3 Å². The normalized spacial score (nSPS) is 16.0. The third-order valence-corrected chi connectivity index (χ3v) is 6.40. The van der Waals surface area contributed by atoms with Crippen LogP contribution in [0, 0.1) is 0 Å². The van der Waals surface area contributed by atoms with Crippen LogP contribution in [0.2, 0.25) is 0 Å². The fourth-order valence-electron chi connectivity index (χ4n) is 3.74. The average molecular weight is 391 g/mol. The Balaban J connectivity index is 1.53. The number of rotatable bonds is 2. The lowest BCUT2D eigenvalue weighted by Gasteiger charge is -2.22. The first kappa shape index (κ1) is 17.4. The Morgan fingerprint density at radius 1 is 1.04 bits per heavy atom. The third-order valence-electron chi connectivity index (χ3n) is 5.33. The number of para-hydroxylation sites is 1. The summed E-state index contributed by atoms with van der Waals surface area (Å²) in [5.41, 5.74) is 2.84. The Labute approximate surface area is 166 Å². The summed E-state index contributed by atoms with van der Waals surface area (Å²) in [6, 6.07) is 16.0. The van der Waals surface area contributed by atoms with Crippen molar-refractivity contribution in [1.29, 1.82) is 0 Å². The highest BCUT2D eigenvalue weighted by Gasteiger charge is 2.16. The predicted octanol–water partition coefficient (Wildman–Crippen LogP) is 4.21. The molecule has 28 heavy (non-hydrogen) atoms.